The molecular formula is C19H18FN3O3. The second-order valence-corrected chi connectivity index (χ2v) is 5.75. The minimum absolute atomic E-state index is 0.00138. The van der Waals surface area contributed by atoms with Crippen LogP contribution in [0.15, 0.2) is 59.5 Å². The van der Waals surface area contributed by atoms with E-state index in [0.29, 0.717) is 5.75 Å². The van der Waals surface area contributed by atoms with E-state index in [0.717, 1.165) is 5.56 Å². The van der Waals surface area contributed by atoms with Gasteiger partial charge in [0.1, 0.15) is 17.8 Å². The van der Waals surface area contributed by atoms with Crippen molar-refractivity contribution < 1.29 is 18.3 Å². The second kappa shape index (κ2) is 7.77. The van der Waals surface area contributed by atoms with Crippen molar-refractivity contribution >= 4 is 5.91 Å². The third-order valence-corrected chi connectivity index (χ3v) is 4.00. The largest absolute Gasteiger partial charge is 0.484 e. The van der Waals surface area contributed by atoms with Gasteiger partial charge >= 0.3 is 0 Å². The first kappa shape index (κ1) is 17.6. The van der Waals surface area contributed by atoms with Crippen molar-refractivity contribution in [1.29, 1.82) is 0 Å². The number of aromatic nitrogens is 2. The van der Waals surface area contributed by atoms with Gasteiger partial charge in [-0.2, -0.15) is 0 Å². The summed E-state index contributed by atoms with van der Waals surface area (Å²) in [6, 6.07) is 9.32. The van der Waals surface area contributed by atoms with Gasteiger partial charge in [-0.05, 0) is 30.7 Å². The fourth-order valence-corrected chi connectivity index (χ4v) is 2.38. The minimum atomic E-state index is -0.392. The Hall–Kier alpha value is -3.22. The zero-order valence-electron chi connectivity index (χ0n) is 14.4. The van der Waals surface area contributed by atoms with E-state index in [1.165, 1.54) is 18.4 Å². The van der Waals surface area contributed by atoms with Crippen LogP contribution in [0.25, 0.3) is 0 Å². The van der Waals surface area contributed by atoms with Gasteiger partial charge in [-0.15, -0.1) is 0 Å². The van der Waals surface area contributed by atoms with Gasteiger partial charge in [0.15, 0.2) is 12.3 Å². The Balaban J connectivity index is 1.64. The van der Waals surface area contributed by atoms with Crippen molar-refractivity contribution in [2.24, 2.45) is 0 Å². The highest BCUT2D eigenvalue weighted by molar-refractivity contribution is 5.92. The van der Waals surface area contributed by atoms with E-state index in [-0.39, 0.29) is 30.1 Å². The van der Waals surface area contributed by atoms with Crippen LogP contribution in [0, 0.1) is 5.82 Å². The number of rotatable bonds is 6. The van der Waals surface area contributed by atoms with Crippen molar-refractivity contribution in [3.8, 4) is 5.75 Å². The van der Waals surface area contributed by atoms with E-state index in [1.54, 1.807) is 36.5 Å². The number of carbonyl (C=O) groups excluding carboxylic acids is 1. The number of hydrogen-bond acceptors (Lipinski definition) is 5. The Bertz CT molecular complexity index is 883. The molecule has 1 unspecified atom stereocenters. The summed E-state index contributed by atoms with van der Waals surface area (Å²) in [6.45, 7) is 1.90. The average Bonchev–Trinajstić information content (AvgIpc) is 3.14. The molecule has 0 spiro atoms. The van der Waals surface area contributed by atoms with E-state index >= 15 is 0 Å². The Labute approximate surface area is 150 Å². The number of halogens is 1. The molecule has 0 fully saturated rings. The van der Waals surface area contributed by atoms with Crippen LogP contribution in [0.4, 0.5) is 4.39 Å². The number of nitrogens with zero attached hydrogens (tertiary/aromatic N) is 3. The van der Waals surface area contributed by atoms with E-state index in [4.69, 9.17) is 9.15 Å². The number of hydrogen-bond donors (Lipinski definition) is 0. The summed E-state index contributed by atoms with van der Waals surface area (Å²) >= 11 is 0. The number of carbonyl (C=O) groups is 1. The third-order valence-electron chi connectivity index (χ3n) is 4.00. The van der Waals surface area contributed by atoms with E-state index in [2.05, 4.69) is 9.97 Å². The van der Waals surface area contributed by atoms with Crippen molar-refractivity contribution in [3.63, 3.8) is 0 Å². The standard InChI is InChI=1S/C19H18FN3O3/c1-13(14-5-4-8-21-10-14)23(2)19(24)17-11-26-18(22-17)12-25-16-7-3-6-15(20)9-16/h3-11,13H,12H2,1-2H3. The molecule has 3 rings (SSSR count). The minimum Gasteiger partial charge on any atom is -0.484 e. The number of ether oxygens (including phenoxy) is 1. The van der Waals surface area contributed by atoms with Crippen LogP contribution in [-0.4, -0.2) is 27.8 Å². The van der Waals surface area contributed by atoms with Gasteiger partial charge in [0.25, 0.3) is 5.91 Å². The lowest BCUT2D eigenvalue weighted by molar-refractivity contribution is 0.0736. The summed E-state index contributed by atoms with van der Waals surface area (Å²) in [7, 11) is 1.69. The Kier molecular flexibility index (Phi) is 5.26. The molecular weight excluding hydrogens is 337 g/mol. The Morgan fingerprint density at radius 1 is 1.35 bits per heavy atom. The molecule has 1 aromatic carbocycles. The molecule has 0 radical (unpaired) electrons. The predicted molar refractivity (Wildman–Crippen MR) is 92.0 cm³/mol. The van der Waals surface area contributed by atoms with Crippen molar-refractivity contribution in [1.82, 2.24) is 14.9 Å². The molecule has 0 N–H and O–H groups in total. The first-order valence-corrected chi connectivity index (χ1v) is 8.04. The second-order valence-electron chi connectivity index (χ2n) is 5.75. The highest BCUT2D eigenvalue weighted by Gasteiger charge is 2.22. The lowest BCUT2D eigenvalue weighted by Crippen LogP contribution is -2.30. The van der Waals surface area contributed by atoms with Gasteiger partial charge in [0.05, 0.1) is 6.04 Å². The fourth-order valence-electron chi connectivity index (χ4n) is 2.38. The average molecular weight is 355 g/mol. The molecule has 2 heterocycles. The van der Waals surface area contributed by atoms with Gasteiger partial charge in [0.2, 0.25) is 5.89 Å². The summed E-state index contributed by atoms with van der Waals surface area (Å²) in [5.74, 6) is -0.0719. The molecule has 26 heavy (non-hydrogen) atoms. The molecule has 3 aromatic rings. The molecule has 0 aliphatic carbocycles. The maximum absolute atomic E-state index is 13.1. The molecule has 2 aromatic heterocycles. The molecule has 0 aliphatic heterocycles. The molecule has 7 heteroatoms. The first-order chi connectivity index (χ1) is 12.5. The van der Waals surface area contributed by atoms with Crippen LogP contribution in [0.1, 0.15) is 34.9 Å². The van der Waals surface area contributed by atoms with Crippen LogP contribution >= 0.6 is 0 Å². The summed E-state index contributed by atoms with van der Waals surface area (Å²) in [5, 5.41) is 0. The number of pyridine rings is 1. The monoisotopic (exact) mass is 355 g/mol. The fraction of sp³-hybridized carbons (Fsp3) is 0.211. The first-order valence-electron chi connectivity index (χ1n) is 8.04. The van der Waals surface area contributed by atoms with Crippen LogP contribution < -0.4 is 4.74 Å². The number of oxazole rings is 1. The van der Waals surface area contributed by atoms with Gasteiger partial charge in [0, 0.05) is 25.5 Å². The number of benzene rings is 1. The topological polar surface area (TPSA) is 68.5 Å². The lowest BCUT2D eigenvalue weighted by Gasteiger charge is -2.24. The number of amides is 1. The van der Waals surface area contributed by atoms with Crippen molar-refractivity contribution in [2.75, 3.05) is 7.05 Å². The highest BCUT2D eigenvalue weighted by Crippen LogP contribution is 2.20. The molecule has 1 amide bonds. The summed E-state index contributed by atoms with van der Waals surface area (Å²) in [4.78, 5) is 22.4. The van der Waals surface area contributed by atoms with E-state index in [1.807, 2.05) is 19.1 Å². The Morgan fingerprint density at radius 3 is 2.92 bits per heavy atom. The third kappa shape index (κ3) is 4.05. The smallest absolute Gasteiger partial charge is 0.276 e. The van der Waals surface area contributed by atoms with Crippen LogP contribution in [0.3, 0.4) is 0 Å². The molecule has 0 aliphatic rings. The predicted octanol–water partition coefficient (Wildman–Crippen LogP) is 3.62. The molecule has 0 saturated heterocycles. The molecule has 0 saturated carbocycles. The maximum Gasteiger partial charge on any atom is 0.276 e. The van der Waals surface area contributed by atoms with Crippen molar-refractivity contribution in [2.45, 2.75) is 19.6 Å². The van der Waals surface area contributed by atoms with Gasteiger partial charge in [-0.3, -0.25) is 9.78 Å². The van der Waals surface area contributed by atoms with E-state index < -0.39 is 5.82 Å². The van der Waals surface area contributed by atoms with Gasteiger partial charge in [-0.1, -0.05) is 12.1 Å². The highest BCUT2D eigenvalue weighted by atomic mass is 19.1. The molecule has 134 valence electrons. The lowest BCUT2D eigenvalue weighted by atomic mass is 10.1. The quantitative estimate of drug-likeness (QED) is 0.675. The SMILES string of the molecule is CC(c1cccnc1)N(C)C(=O)c1coc(COc2cccc(F)c2)n1. The molecule has 1 atom stereocenters. The van der Waals surface area contributed by atoms with E-state index in [9.17, 15) is 9.18 Å². The van der Waals surface area contributed by atoms with Gasteiger partial charge in [-0.25, -0.2) is 9.37 Å². The molecule has 0 bridgehead atoms. The maximum atomic E-state index is 13.1. The zero-order chi connectivity index (χ0) is 18.5. The normalized spacial score (nSPS) is 11.8. The summed E-state index contributed by atoms with van der Waals surface area (Å²) in [6.07, 6.45) is 4.69. The Morgan fingerprint density at radius 2 is 2.19 bits per heavy atom. The zero-order valence-corrected chi connectivity index (χ0v) is 14.4. The summed E-state index contributed by atoms with van der Waals surface area (Å²) < 4.78 is 23.8. The van der Waals surface area contributed by atoms with Crippen molar-refractivity contribution in [3.05, 3.63) is 78.0 Å². The van der Waals surface area contributed by atoms with Crippen LogP contribution in [-0.2, 0) is 6.61 Å². The molecule has 6 nitrogen and oxygen atoms in total. The van der Waals surface area contributed by atoms with Crippen LogP contribution in [0.2, 0.25) is 0 Å². The van der Waals surface area contributed by atoms with Crippen LogP contribution in [0.5, 0.6) is 5.75 Å². The summed E-state index contributed by atoms with van der Waals surface area (Å²) in [5.41, 5.74) is 1.10. The van der Waals surface area contributed by atoms with Gasteiger partial charge < -0.3 is 14.1 Å².